The molecule has 1 aliphatic heterocycles. The zero-order valence-corrected chi connectivity index (χ0v) is 11.9. The highest BCUT2D eigenvalue weighted by molar-refractivity contribution is 5.86. The van der Waals surface area contributed by atoms with Crippen molar-refractivity contribution in [1.82, 2.24) is 5.32 Å². The van der Waals surface area contributed by atoms with E-state index in [2.05, 4.69) is 24.4 Å². The van der Waals surface area contributed by atoms with Crippen molar-refractivity contribution in [2.45, 2.75) is 50.7 Å². The van der Waals surface area contributed by atoms with Crippen LogP contribution >= 0.6 is 0 Å². The van der Waals surface area contributed by atoms with Crippen molar-refractivity contribution >= 4 is 5.97 Å². The molecule has 2 aliphatic rings. The van der Waals surface area contributed by atoms with Crippen molar-refractivity contribution in [3.63, 3.8) is 0 Å². The van der Waals surface area contributed by atoms with Crippen LogP contribution in [0.15, 0.2) is 42.1 Å². The Labute approximate surface area is 120 Å². The highest BCUT2D eigenvalue weighted by Gasteiger charge is 2.44. The normalized spacial score (nSPS) is 22.2. The van der Waals surface area contributed by atoms with Gasteiger partial charge in [-0.2, -0.15) is 0 Å². The number of rotatable bonds is 3. The number of benzene rings is 1. The monoisotopic (exact) mass is 271 g/mol. The number of carbonyl (C=O) groups excluding carboxylic acids is 1. The third kappa shape index (κ3) is 2.45. The molecule has 1 aromatic carbocycles. The lowest BCUT2D eigenvalue weighted by Crippen LogP contribution is -2.40. The number of nitrogens with one attached hydrogen (secondary N) is 1. The first-order chi connectivity index (χ1) is 9.70. The number of hydrogen-bond acceptors (Lipinski definition) is 3. The predicted molar refractivity (Wildman–Crippen MR) is 78.0 cm³/mol. The molecule has 20 heavy (non-hydrogen) atoms. The summed E-state index contributed by atoms with van der Waals surface area (Å²) >= 11 is 0. The van der Waals surface area contributed by atoms with E-state index < -0.39 is 0 Å². The first-order valence-corrected chi connectivity index (χ1v) is 7.46. The van der Waals surface area contributed by atoms with Gasteiger partial charge in [0, 0.05) is 12.1 Å². The summed E-state index contributed by atoms with van der Waals surface area (Å²) in [6.07, 6.45) is 7.03. The molecule has 1 aliphatic carbocycles. The molecule has 106 valence electrons. The van der Waals surface area contributed by atoms with Gasteiger partial charge in [-0.3, -0.25) is 0 Å². The molecule has 1 heterocycles. The van der Waals surface area contributed by atoms with Gasteiger partial charge in [-0.05, 0) is 38.2 Å². The molecule has 1 aromatic rings. The van der Waals surface area contributed by atoms with E-state index >= 15 is 0 Å². The first kappa shape index (κ1) is 13.2. The van der Waals surface area contributed by atoms with Gasteiger partial charge in [0.2, 0.25) is 0 Å². The largest absolute Gasteiger partial charge is 0.449 e. The second-order valence-electron chi connectivity index (χ2n) is 5.81. The van der Waals surface area contributed by atoms with Crippen LogP contribution in [0, 0.1) is 0 Å². The number of ether oxygens (including phenoxy) is 1. The topological polar surface area (TPSA) is 38.3 Å². The van der Waals surface area contributed by atoms with Gasteiger partial charge in [0.1, 0.15) is 0 Å². The summed E-state index contributed by atoms with van der Waals surface area (Å²) in [5, 5.41) is 3.50. The van der Waals surface area contributed by atoms with Crippen molar-refractivity contribution in [3.8, 4) is 0 Å². The molecule has 1 fully saturated rings. The lowest BCUT2D eigenvalue weighted by molar-refractivity contribution is -0.148. The zero-order valence-electron chi connectivity index (χ0n) is 11.9. The fourth-order valence-corrected chi connectivity index (χ4v) is 3.25. The minimum absolute atomic E-state index is 0.177. The molecule has 0 aromatic heterocycles. The summed E-state index contributed by atoms with van der Waals surface area (Å²) in [5.41, 5.74) is 1.82. The van der Waals surface area contributed by atoms with Crippen molar-refractivity contribution < 1.29 is 9.53 Å². The first-order valence-electron chi connectivity index (χ1n) is 7.46. The highest BCUT2D eigenvalue weighted by Crippen LogP contribution is 2.40. The Balaban J connectivity index is 1.78. The van der Waals surface area contributed by atoms with E-state index in [1.807, 2.05) is 18.2 Å². The van der Waals surface area contributed by atoms with Crippen LogP contribution in [0.2, 0.25) is 0 Å². The minimum atomic E-state index is -0.377. The summed E-state index contributed by atoms with van der Waals surface area (Å²) in [4.78, 5) is 11.7. The maximum atomic E-state index is 11.7. The Morgan fingerprint density at radius 2 is 1.85 bits per heavy atom. The molecule has 3 heteroatoms. The van der Waals surface area contributed by atoms with E-state index in [-0.39, 0.29) is 17.6 Å². The van der Waals surface area contributed by atoms with E-state index in [1.54, 1.807) is 6.08 Å². The van der Waals surface area contributed by atoms with Gasteiger partial charge in [0.05, 0.1) is 5.70 Å². The lowest BCUT2D eigenvalue weighted by atomic mass is 9.82. The fourth-order valence-electron chi connectivity index (χ4n) is 3.25. The average Bonchev–Trinajstić information content (AvgIpc) is 2.76. The molecule has 3 rings (SSSR count). The highest BCUT2D eigenvalue weighted by atomic mass is 16.6. The summed E-state index contributed by atoms with van der Waals surface area (Å²) in [6, 6.07) is 10.5. The Hall–Kier alpha value is -1.77. The standard InChI is InChI=1S/C17H21NO2/c1-13(14-8-4-2-5-9-14)18-15-12-16(19)20-17(15)10-6-3-7-11-17/h2,4-5,8-9,12-13,18H,3,6-7,10-11H2,1H3/t13-/m1/s1. The molecule has 0 radical (unpaired) electrons. The Kier molecular flexibility index (Phi) is 3.51. The average molecular weight is 271 g/mol. The molecule has 0 amide bonds. The smallest absolute Gasteiger partial charge is 0.333 e. The van der Waals surface area contributed by atoms with Crippen LogP contribution < -0.4 is 5.32 Å². The molecule has 1 atom stereocenters. The van der Waals surface area contributed by atoms with Crippen molar-refractivity contribution in [2.75, 3.05) is 0 Å². The summed E-state index contributed by atoms with van der Waals surface area (Å²) in [7, 11) is 0. The van der Waals surface area contributed by atoms with Crippen LogP contribution in [0.3, 0.4) is 0 Å². The van der Waals surface area contributed by atoms with Gasteiger partial charge in [-0.25, -0.2) is 4.79 Å². The second-order valence-corrected chi connectivity index (χ2v) is 5.81. The van der Waals surface area contributed by atoms with Crippen molar-refractivity contribution in [1.29, 1.82) is 0 Å². The lowest BCUT2D eigenvalue weighted by Gasteiger charge is -2.36. The summed E-state index contributed by atoms with van der Waals surface area (Å²) < 4.78 is 5.65. The molecular formula is C17H21NO2. The number of hydrogen-bond donors (Lipinski definition) is 1. The third-order valence-electron chi connectivity index (χ3n) is 4.38. The Bertz CT molecular complexity index is 515. The Morgan fingerprint density at radius 1 is 1.15 bits per heavy atom. The van der Waals surface area contributed by atoms with Crippen molar-refractivity contribution in [2.24, 2.45) is 0 Å². The van der Waals surface area contributed by atoms with Gasteiger partial charge in [-0.1, -0.05) is 36.8 Å². The molecule has 0 bridgehead atoms. The quantitative estimate of drug-likeness (QED) is 0.855. The summed E-state index contributed by atoms with van der Waals surface area (Å²) in [5.74, 6) is -0.199. The SMILES string of the molecule is C[C@@H](NC1=CC(=O)OC12CCCCC2)c1ccccc1. The number of carbonyl (C=O) groups is 1. The van der Waals surface area contributed by atoms with E-state index in [4.69, 9.17) is 4.74 Å². The molecule has 1 N–H and O–H groups in total. The minimum Gasteiger partial charge on any atom is -0.449 e. The summed E-state index contributed by atoms with van der Waals surface area (Å²) in [6.45, 7) is 2.12. The van der Waals surface area contributed by atoms with Gasteiger partial charge in [0.15, 0.2) is 5.60 Å². The van der Waals surface area contributed by atoms with Crippen LogP contribution in [0.4, 0.5) is 0 Å². The molecule has 1 saturated carbocycles. The van der Waals surface area contributed by atoms with E-state index in [0.717, 1.165) is 31.4 Å². The van der Waals surface area contributed by atoms with Gasteiger partial charge >= 0.3 is 5.97 Å². The van der Waals surface area contributed by atoms with E-state index in [0.29, 0.717) is 0 Å². The fraction of sp³-hybridized carbons (Fsp3) is 0.471. The van der Waals surface area contributed by atoms with E-state index in [9.17, 15) is 4.79 Å². The zero-order chi connectivity index (χ0) is 14.0. The Morgan fingerprint density at radius 3 is 2.55 bits per heavy atom. The molecular weight excluding hydrogens is 250 g/mol. The molecule has 1 spiro atoms. The maximum absolute atomic E-state index is 11.7. The number of esters is 1. The van der Waals surface area contributed by atoms with Gasteiger partial charge in [-0.15, -0.1) is 0 Å². The van der Waals surface area contributed by atoms with Gasteiger partial charge < -0.3 is 10.1 Å². The molecule has 0 unspecified atom stereocenters. The molecule has 3 nitrogen and oxygen atoms in total. The van der Waals surface area contributed by atoms with Crippen LogP contribution in [-0.4, -0.2) is 11.6 Å². The van der Waals surface area contributed by atoms with Crippen LogP contribution in [-0.2, 0) is 9.53 Å². The maximum Gasteiger partial charge on any atom is 0.333 e. The third-order valence-corrected chi connectivity index (χ3v) is 4.38. The van der Waals surface area contributed by atoms with Gasteiger partial charge in [0.25, 0.3) is 0 Å². The molecule has 0 saturated heterocycles. The van der Waals surface area contributed by atoms with Crippen LogP contribution in [0.1, 0.15) is 50.6 Å². The van der Waals surface area contributed by atoms with E-state index in [1.165, 1.54) is 12.0 Å². The van der Waals surface area contributed by atoms with Crippen LogP contribution in [0.5, 0.6) is 0 Å². The van der Waals surface area contributed by atoms with Crippen LogP contribution in [0.25, 0.3) is 0 Å². The second kappa shape index (κ2) is 5.31. The predicted octanol–water partition coefficient (Wildman–Crippen LogP) is 3.48. The van der Waals surface area contributed by atoms with Crippen molar-refractivity contribution in [3.05, 3.63) is 47.7 Å².